The molecule has 0 aliphatic carbocycles. The van der Waals surface area contributed by atoms with E-state index in [1.165, 1.54) is 0 Å². The van der Waals surface area contributed by atoms with Crippen LogP contribution in [0.5, 0.6) is 0 Å². The van der Waals surface area contributed by atoms with Crippen molar-refractivity contribution in [2.24, 2.45) is 0 Å². The van der Waals surface area contributed by atoms with Gasteiger partial charge in [-0.25, -0.2) is 4.98 Å². The fraction of sp³-hybridized carbons (Fsp3) is 0.438. The fourth-order valence-corrected chi connectivity index (χ4v) is 3.08. The molecule has 0 bridgehead atoms. The number of hydrogen-bond donors (Lipinski definition) is 1. The Morgan fingerprint density at radius 2 is 2.05 bits per heavy atom. The molecule has 1 saturated heterocycles. The number of imidazole rings is 1. The Morgan fingerprint density at radius 3 is 2.75 bits per heavy atom. The molecule has 0 amide bonds. The summed E-state index contributed by atoms with van der Waals surface area (Å²) in [4.78, 5) is 4.37. The number of aromatic nitrogens is 2. The van der Waals surface area contributed by atoms with E-state index in [0.717, 1.165) is 47.8 Å². The highest BCUT2D eigenvalue weighted by Crippen LogP contribution is 2.33. The smallest absolute Gasteiger partial charge is 0.0956 e. The normalized spacial score (nSPS) is 18.1. The van der Waals surface area contributed by atoms with Gasteiger partial charge in [-0.05, 0) is 51.4 Å². The Kier molecular flexibility index (Phi) is 3.57. The van der Waals surface area contributed by atoms with Crippen LogP contribution in [0, 0.1) is 6.92 Å². The van der Waals surface area contributed by atoms with Crippen LogP contribution >= 0.6 is 11.6 Å². The first-order valence-electron chi connectivity index (χ1n) is 7.10. The minimum Gasteiger partial charge on any atom is -0.325 e. The molecule has 0 spiro atoms. The van der Waals surface area contributed by atoms with Crippen molar-refractivity contribution in [3.63, 3.8) is 0 Å². The van der Waals surface area contributed by atoms with Crippen LogP contribution in [0.25, 0.3) is 11.3 Å². The van der Waals surface area contributed by atoms with Gasteiger partial charge in [0.25, 0.3) is 0 Å². The Labute approximate surface area is 125 Å². The number of nitrogens with one attached hydrogen (secondary N) is 1. The molecule has 2 aromatic rings. The zero-order valence-electron chi connectivity index (χ0n) is 12.0. The van der Waals surface area contributed by atoms with Gasteiger partial charge >= 0.3 is 0 Å². The molecule has 20 heavy (non-hydrogen) atoms. The average molecular weight is 290 g/mol. The third-order valence-corrected chi connectivity index (χ3v) is 4.78. The summed E-state index contributed by atoms with van der Waals surface area (Å²) in [7, 11) is 0. The summed E-state index contributed by atoms with van der Waals surface area (Å²) >= 11 is 6.26. The maximum Gasteiger partial charge on any atom is 0.0956 e. The number of piperidine rings is 1. The molecule has 3 nitrogen and oxygen atoms in total. The highest BCUT2D eigenvalue weighted by Gasteiger charge is 2.30. The van der Waals surface area contributed by atoms with Crippen LogP contribution in [-0.2, 0) is 5.54 Å². The van der Waals surface area contributed by atoms with E-state index < -0.39 is 0 Å². The Hall–Kier alpha value is -1.32. The summed E-state index contributed by atoms with van der Waals surface area (Å²) in [6.45, 7) is 6.46. The first-order valence-corrected chi connectivity index (χ1v) is 7.48. The van der Waals surface area contributed by atoms with Gasteiger partial charge in [-0.3, -0.25) is 0 Å². The molecule has 2 heterocycles. The number of aryl methyl sites for hydroxylation is 1. The molecule has 1 fully saturated rings. The Balaban J connectivity index is 2.03. The summed E-state index contributed by atoms with van der Waals surface area (Å²) < 4.78 is 2.31. The molecule has 3 rings (SSSR count). The first-order chi connectivity index (χ1) is 9.60. The van der Waals surface area contributed by atoms with Gasteiger partial charge in [0.2, 0.25) is 0 Å². The van der Waals surface area contributed by atoms with Crippen molar-refractivity contribution in [3.05, 3.63) is 41.3 Å². The minimum absolute atomic E-state index is 0.133. The van der Waals surface area contributed by atoms with Crippen molar-refractivity contribution >= 4 is 11.6 Å². The van der Waals surface area contributed by atoms with Crippen molar-refractivity contribution in [3.8, 4) is 11.3 Å². The molecule has 4 heteroatoms. The highest BCUT2D eigenvalue weighted by atomic mass is 35.5. The van der Waals surface area contributed by atoms with Gasteiger partial charge < -0.3 is 9.88 Å². The molecule has 1 aromatic carbocycles. The van der Waals surface area contributed by atoms with E-state index in [2.05, 4.69) is 33.9 Å². The monoisotopic (exact) mass is 289 g/mol. The van der Waals surface area contributed by atoms with E-state index in [-0.39, 0.29) is 5.54 Å². The molecule has 1 aliphatic heterocycles. The molecule has 0 atom stereocenters. The van der Waals surface area contributed by atoms with Gasteiger partial charge in [-0.2, -0.15) is 0 Å². The molecule has 0 unspecified atom stereocenters. The van der Waals surface area contributed by atoms with Crippen LogP contribution in [0.3, 0.4) is 0 Å². The fourth-order valence-electron chi connectivity index (χ4n) is 2.90. The third-order valence-electron chi connectivity index (χ3n) is 4.37. The maximum atomic E-state index is 6.26. The average Bonchev–Trinajstić information content (AvgIpc) is 2.93. The molecule has 1 aliphatic rings. The number of halogens is 1. The van der Waals surface area contributed by atoms with E-state index >= 15 is 0 Å². The van der Waals surface area contributed by atoms with Crippen LogP contribution < -0.4 is 5.32 Å². The number of rotatable bonds is 2. The van der Waals surface area contributed by atoms with Crippen molar-refractivity contribution in [2.75, 3.05) is 13.1 Å². The van der Waals surface area contributed by atoms with Crippen molar-refractivity contribution < 1.29 is 0 Å². The quantitative estimate of drug-likeness (QED) is 0.915. The lowest BCUT2D eigenvalue weighted by Crippen LogP contribution is -2.41. The lowest BCUT2D eigenvalue weighted by molar-refractivity contribution is 0.233. The molecular weight excluding hydrogens is 270 g/mol. The van der Waals surface area contributed by atoms with Crippen molar-refractivity contribution in [1.82, 2.24) is 14.9 Å². The van der Waals surface area contributed by atoms with Crippen LogP contribution in [0.1, 0.15) is 25.3 Å². The molecule has 1 N–H and O–H groups in total. The first kappa shape index (κ1) is 13.7. The van der Waals surface area contributed by atoms with Crippen LogP contribution in [0.2, 0.25) is 5.02 Å². The lowest BCUT2D eigenvalue weighted by Gasteiger charge is -2.36. The molecule has 106 valence electrons. The topological polar surface area (TPSA) is 29.9 Å². The van der Waals surface area contributed by atoms with Crippen molar-refractivity contribution in [2.45, 2.75) is 32.2 Å². The second-order valence-corrected chi connectivity index (χ2v) is 6.27. The molecule has 0 saturated carbocycles. The summed E-state index contributed by atoms with van der Waals surface area (Å²) in [5, 5.41) is 4.23. The Bertz CT molecular complexity index is 612. The molecule has 0 radical (unpaired) electrons. The maximum absolute atomic E-state index is 6.26. The summed E-state index contributed by atoms with van der Waals surface area (Å²) in [6.07, 6.45) is 6.13. The van der Waals surface area contributed by atoms with Crippen molar-refractivity contribution in [1.29, 1.82) is 0 Å². The van der Waals surface area contributed by atoms with Gasteiger partial charge in [0, 0.05) is 16.1 Å². The van der Waals surface area contributed by atoms with Crippen LogP contribution in [0.4, 0.5) is 0 Å². The summed E-state index contributed by atoms with van der Waals surface area (Å²) in [5.41, 5.74) is 3.53. The van der Waals surface area contributed by atoms with Gasteiger partial charge in [0.05, 0.1) is 18.2 Å². The zero-order chi connectivity index (χ0) is 14.2. The second kappa shape index (κ2) is 5.23. The van der Waals surface area contributed by atoms with E-state index in [0.29, 0.717) is 0 Å². The standard InChI is InChI=1S/C16H20ClN3/c1-12-3-4-13(9-14(12)17)15-10-19-11-20(15)16(2)5-7-18-8-6-16/h3-4,9-11,18H,5-8H2,1-2H3. The molecule has 1 aromatic heterocycles. The SMILES string of the molecule is Cc1ccc(-c2cncn2C2(C)CCNCC2)cc1Cl. The molecular formula is C16H20ClN3. The van der Waals surface area contributed by atoms with E-state index in [9.17, 15) is 0 Å². The lowest BCUT2D eigenvalue weighted by atomic mass is 9.89. The van der Waals surface area contributed by atoms with Crippen LogP contribution in [-0.4, -0.2) is 22.6 Å². The van der Waals surface area contributed by atoms with E-state index in [1.54, 1.807) is 0 Å². The highest BCUT2D eigenvalue weighted by molar-refractivity contribution is 6.31. The minimum atomic E-state index is 0.133. The summed E-state index contributed by atoms with van der Waals surface area (Å²) in [5.74, 6) is 0. The van der Waals surface area contributed by atoms with Gasteiger partial charge in [-0.15, -0.1) is 0 Å². The predicted molar refractivity (Wildman–Crippen MR) is 83.2 cm³/mol. The van der Waals surface area contributed by atoms with Gasteiger partial charge in [0.1, 0.15) is 0 Å². The number of nitrogens with zero attached hydrogens (tertiary/aromatic N) is 2. The largest absolute Gasteiger partial charge is 0.325 e. The van der Waals surface area contributed by atoms with Gasteiger partial charge in [0.15, 0.2) is 0 Å². The Morgan fingerprint density at radius 1 is 1.30 bits per heavy atom. The van der Waals surface area contributed by atoms with Crippen LogP contribution in [0.15, 0.2) is 30.7 Å². The predicted octanol–water partition coefficient (Wildman–Crippen LogP) is 3.61. The second-order valence-electron chi connectivity index (χ2n) is 5.86. The van der Waals surface area contributed by atoms with Gasteiger partial charge in [-0.1, -0.05) is 23.7 Å². The number of hydrogen-bond acceptors (Lipinski definition) is 2. The third kappa shape index (κ3) is 2.36. The van der Waals surface area contributed by atoms with E-state index in [1.807, 2.05) is 25.5 Å². The number of benzene rings is 1. The zero-order valence-corrected chi connectivity index (χ0v) is 12.7. The van der Waals surface area contributed by atoms with E-state index in [4.69, 9.17) is 11.6 Å². The summed E-state index contributed by atoms with van der Waals surface area (Å²) in [6, 6.07) is 6.23.